The number of hydrogen-bond donors (Lipinski definition) is 0. The predicted molar refractivity (Wildman–Crippen MR) is 81.7 cm³/mol. The molecule has 0 unspecified atom stereocenters. The highest BCUT2D eigenvalue weighted by molar-refractivity contribution is 9.10. The van der Waals surface area contributed by atoms with E-state index in [-0.39, 0.29) is 11.5 Å². The van der Waals surface area contributed by atoms with Crippen molar-refractivity contribution in [3.63, 3.8) is 0 Å². The summed E-state index contributed by atoms with van der Waals surface area (Å²) in [5.41, 5.74) is -0.225. The fourth-order valence-corrected chi connectivity index (χ4v) is 2.47. The molecule has 0 saturated heterocycles. The number of carbonyl (C=O) groups excluding carboxylic acids is 1. The maximum absolute atomic E-state index is 13.5. The summed E-state index contributed by atoms with van der Waals surface area (Å²) < 4.78 is 20.0. The number of methoxy groups -OCH3 is 1. The summed E-state index contributed by atoms with van der Waals surface area (Å²) in [4.78, 5) is 23.3. The quantitative estimate of drug-likeness (QED) is 0.610. The number of nitrogens with zero attached hydrogens (tertiary/aromatic N) is 1. The van der Waals surface area contributed by atoms with Crippen molar-refractivity contribution >= 4 is 32.7 Å². The summed E-state index contributed by atoms with van der Waals surface area (Å²) in [6, 6.07) is 4.61. The van der Waals surface area contributed by atoms with E-state index in [1.165, 1.54) is 17.7 Å². The van der Waals surface area contributed by atoms with Crippen LogP contribution in [0.2, 0.25) is 0 Å². The Bertz CT molecular complexity index is 727. The van der Waals surface area contributed by atoms with Crippen molar-refractivity contribution in [1.29, 1.82) is 0 Å². The Morgan fingerprint density at radius 1 is 1.38 bits per heavy atom. The van der Waals surface area contributed by atoms with Crippen LogP contribution in [-0.4, -0.2) is 17.6 Å². The van der Waals surface area contributed by atoms with Gasteiger partial charge in [0, 0.05) is 19.2 Å². The summed E-state index contributed by atoms with van der Waals surface area (Å²) in [6.45, 7) is 0.490. The third kappa shape index (κ3) is 3.69. The number of aromatic nitrogens is 1. The minimum Gasteiger partial charge on any atom is -0.469 e. The van der Waals surface area contributed by atoms with E-state index < -0.39 is 5.82 Å². The highest BCUT2D eigenvalue weighted by atomic mass is 79.9. The molecular weight excluding hydrogens is 341 g/mol. The number of pyridine rings is 1. The highest BCUT2D eigenvalue weighted by Crippen LogP contribution is 2.21. The van der Waals surface area contributed by atoms with Gasteiger partial charge in [-0.15, -0.1) is 0 Å². The van der Waals surface area contributed by atoms with Crippen molar-refractivity contribution in [2.45, 2.75) is 25.8 Å². The van der Waals surface area contributed by atoms with Gasteiger partial charge >= 0.3 is 5.97 Å². The van der Waals surface area contributed by atoms with Crippen LogP contribution in [0.5, 0.6) is 0 Å². The van der Waals surface area contributed by atoms with Crippen LogP contribution in [0.3, 0.4) is 0 Å². The monoisotopic (exact) mass is 355 g/mol. The lowest BCUT2D eigenvalue weighted by Crippen LogP contribution is -2.19. The molecule has 4 nitrogen and oxygen atoms in total. The second-order valence-corrected chi connectivity index (χ2v) is 5.56. The maximum Gasteiger partial charge on any atom is 0.305 e. The van der Waals surface area contributed by atoms with Crippen LogP contribution in [0.4, 0.5) is 4.39 Å². The molecule has 0 N–H and O–H groups in total. The third-order valence-electron chi connectivity index (χ3n) is 3.28. The molecular formula is C15H15BrFNO3. The molecule has 0 aliphatic rings. The maximum atomic E-state index is 13.5. The SMILES string of the molecule is COC(=O)CCCCn1ccc2cc(Br)c(F)cc2c1=O. The number of fused-ring (bicyclic) bond motifs is 1. The van der Waals surface area contributed by atoms with Crippen LogP contribution in [0.25, 0.3) is 10.8 Å². The van der Waals surface area contributed by atoms with E-state index in [4.69, 9.17) is 0 Å². The second-order valence-electron chi connectivity index (χ2n) is 4.70. The summed E-state index contributed by atoms with van der Waals surface area (Å²) in [5, 5.41) is 1.05. The molecule has 1 aromatic carbocycles. The molecule has 1 aromatic heterocycles. The van der Waals surface area contributed by atoms with Crippen molar-refractivity contribution in [3.05, 3.63) is 45.0 Å². The van der Waals surface area contributed by atoms with E-state index in [0.717, 1.165) is 0 Å². The van der Waals surface area contributed by atoms with Crippen molar-refractivity contribution < 1.29 is 13.9 Å². The number of halogens is 2. The number of unbranched alkanes of at least 4 members (excludes halogenated alkanes) is 1. The first-order valence-corrected chi connectivity index (χ1v) is 7.37. The number of esters is 1. The zero-order chi connectivity index (χ0) is 15.4. The third-order valence-corrected chi connectivity index (χ3v) is 3.88. The topological polar surface area (TPSA) is 48.3 Å². The molecule has 6 heteroatoms. The highest BCUT2D eigenvalue weighted by Gasteiger charge is 2.07. The van der Waals surface area contributed by atoms with Crippen LogP contribution >= 0.6 is 15.9 Å². The van der Waals surface area contributed by atoms with Gasteiger partial charge in [0.1, 0.15) is 5.82 Å². The number of hydrogen-bond acceptors (Lipinski definition) is 3. The van der Waals surface area contributed by atoms with Crippen LogP contribution in [0.1, 0.15) is 19.3 Å². The largest absolute Gasteiger partial charge is 0.469 e. The van der Waals surface area contributed by atoms with Gasteiger partial charge in [-0.3, -0.25) is 9.59 Å². The normalized spacial score (nSPS) is 10.8. The number of carbonyl (C=O) groups is 1. The number of aryl methyl sites for hydroxylation is 1. The first kappa shape index (κ1) is 15.7. The number of ether oxygens (including phenoxy) is 1. The van der Waals surface area contributed by atoms with Crippen molar-refractivity contribution in [1.82, 2.24) is 4.57 Å². The van der Waals surface area contributed by atoms with E-state index >= 15 is 0 Å². The Hall–Kier alpha value is -1.69. The molecule has 2 aromatic rings. The Balaban J connectivity index is 2.15. The van der Waals surface area contributed by atoms with Gasteiger partial charge in [0.05, 0.1) is 17.0 Å². The zero-order valence-electron chi connectivity index (χ0n) is 11.6. The Kier molecular flexibility index (Phi) is 5.12. The van der Waals surface area contributed by atoms with Gasteiger partial charge < -0.3 is 9.30 Å². The molecule has 0 fully saturated rings. The van der Waals surface area contributed by atoms with E-state index in [1.807, 2.05) is 0 Å². The molecule has 0 atom stereocenters. The summed E-state index contributed by atoms with van der Waals surface area (Å²) in [6.07, 6.45) is 3.35. The van der Waals surface area contributed by atoms with Crippen molar-refractivity contribution in [2.24, 2.45) is 0 Å². The lowest BCUT2D eigenvalue weighted by atomic mass is 10.1. The first-order valence-electron chi connectivity index (χ1n) is 6.58. The van der Waals surface area contributed by atoms with Crippen molar-refractivity contribution in [3.8, 4) is 0 Å². The van der Waals surface area contributed by atoms with Gasteiger partial charge in [0.2, 0.25) is 0 Å². The smallest absolute Gasteiger partial charge is 0.305 e. The number of benzene rings is 1. The molecule has 0 amide bonds. The van der Waals surface area contributed by atoms with E-state index in [0.29, 0.717) is 41.1 Å². The summed E-state index contributed by atoms with van der Waals surface area (Å²) in [7, 11) is 1.35. The lowest BCUT2D eigenvalue weighted by molar-refractivity contribution is -0.140. The Labute approximate surface area is 129 Å². The predicted octanol–water partition coefficient (Wildman–Crippen LogP) is 3.25. The first-order chi connectivity index (χ1) is 10.0. The van der Waals surface area contributed by atoms with E-state index in [2.05, 4.69) is 20.7 Å². The molecule has 21 heavy (non-hydrogen) atoms. The molecule has 0 radical (unpaired) electrons. The summed E-state index contributed by atoms with van der Waals surface area (Å²) in [5.74, 6) is -0.712. The standard InChI is InChI=1S/C15H15BrFNO3/c1-21-14(19)4-2-3-6-18-7-5-10-8-12(16)13(17)9-11(10)15(18)20/h5,7-9H,2-4,6H2,1H3. The number of rotatable bonds is 5. The fraction of sp³-hybridized carbons (Fsp3) is 0.333. The Morgan fingerprint density at radius 2 is 2.14 bits per heavy atom. The molecule has 2 rings (SSSR count). The van der Waals surface area contributed by atoms with E-state index in [9.17, 15) is 14.0 Å². The van der Waals surface area contributed by atoms with Gasteiger partial charge in [-0.2, -0.15) is 0 Å². The second kappa shape index (κ2) is 6.85. The van der Waals surface area contributed by atoms with Gasteiger partial charge in [0.25, 0.3) is 5.56 Å². The summed E-state index contributed by atoms with van der Waals surface area (Å²) >= 11 is 3.10. The lowest BCUT2D eigenvalue weighted by Gasteiger charge is -2.07. The minimum absolute atomic E-state index is 0.225. The fourth-order valence-electron chi connectivity index (χ4n) is 2.11. The average molecular weight is 356 g/mol. The van der Waals surface area contributed by atoms with Gasteiger partial charge in [-0.05, 0) is 52.4 Å². The van der Waals surface area contributed by atoms with Gasteiger partial charge in [0.15, 0.2) is 0 Å². The van der Waals surface area contributed by atoms with Gasteiger partial charge in [-0.1, -0.05) is 0 Å². The van der Waals surface area contributed by atoms with Crippen LogP contribution in [0, 0.1) is 5.82 Å². The van der Waals surface area contributed by atoms with Crippen LogP contribution in [0.15, 0.2) is 33.7 Å². The Morgan fingerprint density at radius 3 is 2.86 bits per heavy atom. The van der Waals surface area contributed by atoms with E-state index in [1.54, 1.807) is 18.3 Å². The zero-order valence-corrected chi connectivity index (χ0v) is 13.2. The van der Waals surface area contributed by atoms with Gasteiger partial charge in [-0.25, -0.2) is 4.39 Å². The van der Waals surface area contributed by atoms with Crippen molar-refractivity contribution in [2.75, 3.05) is 7.11 Å². The molecule has 0 bridgehead atoms. The molecule has 112 valence electrons. The average Bonchev–Trinajstić information content (AvgIpc) is 2.47. The molecule has 0 aliphatic carbocycles. The molecule has 0 spiro atoms. The molecule has 0 saturated carbocycles. The molecule has 1 heterocycles. The van der Waals surface area contributed by atoms with Crippen LogP contribution < -0.4 is 5.56 Å². The minimum atomic E-state index is -0.456. The van der Waals surface area contributed by atoms with Crippen LogP contribution in [-0.2, 0) is 16.1 Å². The molecule has 0 aliphatic heterocycles.